The first kappa shape index (κ1) is 13.0. The normalized spacial score (nSPS) is 23.0. The summed E-state index contributed by atoms with van der Waals surface area (Å²) in [6.07, 6.45) is 0. The van der Waals surface area contributed by atoms with E-state index in [1.165, 1.54) is 18.2 Å². The van der Waals surface area contributed by atoms with E-state index in [4.69, 9.17) is 11.6 Å². The van der Waals surface area contributed by atoms with Gasteiger partial charge in [-0.2, -0.15) is 0 Å². The molecule has 8 heteroatoms. The molecule has 0 aliphatic carbocycles. The zero-order chi connectivity index (χ0) is 13.4. The van der Waals surface area contributed by atoms with Gasteiger partial charge in [-0.1, -0.05) is 22.0 Å². The van der Waals surface area contributed by atoms with Crippen LogP contribution >= 0.6 is 27.5 Å². The third kappa shape index (κ3) is 2.11. The first-order valence-corrected chi connectivity index (χ1v) is 6.07. The van der Waals surface area contributed by atoms with Crippen LogP contribution < -0.4 is 5.32 Å². The average molecular weight is 334 g/mol. The maximum atomic E-state index is 11.6. The molecule has 0 saturated carbocycles. The second-order valence-corrected chi connectivity index (χ2v) is 5.02. The maximum absolute atomic E-state index is 11.6. The highest BCUT2D eigenvalue weighted by Crippen LogP contribution is 2.35. The Hall–Kier alpha value is -1.47. The number of rotatable bonds is 2. The van der Waals surface area contributed by atoms with Gasteiger partial charge < -0.3 is 0 Å². The van der Waals surface area contributed by atoms with Crippen LogP contribution in [-0.2, 0) is 9.59 Å². The van der Waals surface area contributed by atoms with E-state index < -0.39 is 28.0 Å². The van der Waals surface area contributed by atoms with Crippen LogP contribution in [0.2, 0.25) is 0 Å². The molecular weight excluding hydrogens is 327 g/mol. The first-order chi connectivity index (χ1) is 8.41. The quantitative estimate of drug-likeness (QED) is 0.386. The number of hydrogen-bond donors (Lipinski definition) is 1. The van der Waals surface area contributed by atoms with Crippen LogP contribution in [0.25, 0.3) is 0 Å². The lowest BCUT2D eigenvalue weighted by molar-refractivity contribution is -0.384. The molecule has 0 bridgehead atoms. The fourth-order valence-corrected chi connectivity index (χ4v) is 2.65. The number of hydrogen-bond acceptors (Lipinski definition) is 4. The molecule has 2 rings (SSSR count). The SMILES string of the molecule is O=C1NC(=O)C(c2ccc([N+](=O)[O-])cc2Br)C1Cl. The molecule has 1 aliphatic rings. The van der Waals surface area contributed by atoms with Crippen molar-refractivity contribution in [2.24, 2.45) is 0 Å². The van der Waals surface area contributed by atoms with Crippen molar-refractivity contribution in [3.05, 3.63) is 38.3 Å². The third-order valence-corrected chi connectivity index (χ3v) is 3.74. The third-order valence-electron chi connectivity index (χ3n) is 2.60. The molecule has 1 N–H and O–H groups in total. The van der Waals surface area contributed by atoms with Gasteiger partial charge in [-0.3, -0.25) is 25.0 Å². The predicted molar refractivity (Wildman–Crippen MR) is 66.3 cm³/mol. The number of nitro benzene ring substituents is 1. The molecule has 2 amide bonds. The van der Waals surface area contributed by atoms with Crippen molar-refractivity contribution >= 4 is 45.0 Å². The van der Waals surface area contributed by atoms with Crippen molar-refractivity contribution in [3.63, 3.8) is 0 Å². The summed E-state index contributed by atoms with van der Waals surface area (Å²) in [5.74, 6) is -1.90. The van der Waals surface area contributed by atoms with Crippen molar-refractivity contribution < 1.29 is 14.5 Å². The molecule has 1 aromatic carbocycles. The van der Waals surface area contributed by atoms with E-state index in [2.05, 4.69) is 21.2 Å². The van der Waals surface area contributed by atoms with Gasteiger partial charge in [0.1, 0.15) is 5.38 Å². The van der Waals surface area contributed by atoms with Gasteiger partial charge in [0.2, 0.25) is 11.8 Å². The predicted octanol–water partition coefficient (Wildman–Crippen LogP) is 1.70. The number of imide groups is 1. The molecule has 1 aliphatic heterocycles. The summed E-state index contributed by atoms with van der Waals surface area (Å²) >= 11 is 8.99. The summed E-state index contributed by atoms with van der Waals surface area (Å²) in [4.78, 5) is 32.9. The van der Waals surface area contributed by atoms with E-state index in [-0.39, 0.29) is 5.69 Å². The van der Waals surface area contributed by atoms with Crippen molar-refractivity contribution in [1.82, 2.24) is 5.32 Å². The first-order valence-electron chi connectivity index (χ1n) is 4.84. The van der Waals surface area contributed by atoms with E-state index in [1.54, 1.807) is 0 Å². The van der Waals surface area contributed by atoms with Crippen LogP contribution in [0, 0.1) is 10.1 Å². The van der Waals surface area contributed by atoms with E-state index >= 15 is 0 Å². The zero-order valence-corrected chi connectivity index (χ0v) is 11.1. The van der Waals surface area contributed by atoms with E-state index in [0.29, 0.717) is 10.0 Å². The molecule has 2 atom stereocenters. The molecule has 94 valence electrons. The van der Waals surface area contributed by atoms with Crippen LogP contribution in [0.4, 0.5) is 5.69 Å². The molecule has 6 nitrogen and oxygen atoms in total. The summed E-state index contributed by atoms with van der Waals surface area (Å²) in [7, 11) is 0. The number of benzene rings is 1. The Morgan fingerprint density at radius 2 is 2.00 bits per heavy atom. The molecule has 1 heterocycles. The van der Waals surface area contributed by atoms with Crippen LogP contribution in [0.15, 0.2) is 22.7 Å². The molecule has 1 aromatic rings. The largest absolute Gasteiger partial charge is 0.295 e. The lowest BCUT2D eigenvalue weighted by atomic mass is 9.97. The van der Waals surface area contributed by atoms with E-state index in [0.717, 1.165) is 0 Å². The van der Waals surface area contributed by atoms with Crippen molar-refractivity contribution in [3.8, 4) is 0 Å². The Morgan fingerprint density at radius 1 is 1.33 bits per heavy atom. The minimum atomic E-state index is -1.00. The Kier molecular flexibility index (Phi) is 3.36. The highest BCUT2D eigenvalue weighted by atomic mass is 79.9. The van der Waals surface area contributed by atoms with Gasteiger partial charge in [-0.15, -0.1) is 11.6 Å². The van der Waals surface area contributed by atoms with Gasteiger partial charge in [0.15, 0.2) is 0 Å². The van der Waals surface area contributed by atoms with Gasteiger partial charge in [-0.05, 0) is 5.56 Å². The number of carbonyl (C=O) groups is 2. The monoisotopic (exact) mass is 332 g/mol. The summed E-state index contributed by atoms with van der Waals surface area (Å²) in [5, 5.41) is 11.7. The Bertz CT molecular complexity index is 563. The Balaban J connectivity index is 2.43. The molecule has 1 fully saturated rings. The minimum absolute atomic E-state index is 0.110. The molecule has 2 unspecified atom stereocenters. The molecule has 0 radical (unpaired) electrons. The molecular formula is C10H6BrClN2O4. The van der Waals surface area contributed by atoms with Gasteiger partial charge in [0.05, 0.1) is 10.8 Å². The van der Waals surface area contributed by atoms with Crippen molar-refractivity contribution in [2.45, 2.75) is 11.3 Å². The number of nitrogens with zero attached hydrogens (tertiary/aromatic N) is 1. The van der Waals surface area contributed by atoms with Gasteiger partial charge in [-0.25, -0.2) is 0 Å². The number of nitrogens with one attached hydrogen (secondary N) is 1. The Labute approximate surface area is 115 Å². The van der Waals surface area contributed by atoms with Crippen molar-refractivity contribution in [1.29, 1.82) is 0 Å². The van der Waals surface area contributed by atoms with Crippen LogP contribution in [0.5, 0.6) is 0 Å². The number of non-ortho nitro benzene ring substituents is 1. The summed E-state index contributed by atoms with van der Waals surface area (Å²) in [5.41, 5.74) is 0.338. The number of carbonyl (C=O) groups excluding carboxylic acids is 2. The van der Waals surface area contributed by atoms with Crippen molar-refractivity contribution in [2.75, 3.05) is 0 Å². The molecule has 0 spiro atoms. The van der Waals surface area contributed by atoms with Crippen LogP contribution in [0.1, 0.15) is 11.5 Å². The number of alkyl halides is 1. The second kappa shape index (κ2) is 4.66. The standard InChI is InChI=1S/C10H6BrClN2O4/c11-6-3-4(14(17)18)1-2-5(6)7-8(12)10(16)13-9(7)15/h1-3,7-8H,(H,13,15,16). The number of halogens is 2. The summed E-state index contributed by atoms with van der Waals surface area (Å²) in [6, 6.07) is 3.95. The highest BCUT2D eigenvalue weighted by Gasteiger charge is 2.42. The maximum Gasteiger partial charge on any atom is 0.270 e. The van der Waals surface area contributed by atoms with Crippen LogP contribution in [0.3, 0.4) is 0 Å². The molecule has 1 saturated heterocycles. The van der Waals surface area contributed by atoms with Gasteiger partial charge in [0, 0.05) is 16.6 Å². The van der Waals surface area contributed by atoms with Gasteiger partial charge >= 0.3 is 0 Å². The topological polar surface area (TPSA) is 89.3 Å². The second-order valence-electron chi connectivity index (χ2n) is 3.70. The smallest absolute Gasteiger partial charge is 0.270 e. The lowest BCUT2D eigenvalue weighted by Gasteiger charge is -2.11. The lowest BCUT2D eigenvalue weighted by Crippen LogP contribution is -2.22. The summed E-state index contributed by atoms with van der Waals surface area (Å²) < 4.78 is 0.372. The summed E-state index contributed by atoms with van der Waals surface area (Å²) in [6.45, 7) is 0. The fourth-order valence-electron chi connectivity index (χ4n) is 1.73. The Morgan fingerprint density at radius 3 is 2.44 bits per heavy atom. The average Bonchev–Trinajstić information content (AvgIpc) is 2.54. The van der Waals surface area contributed by atoms with E-state index in [1.807, 2.05) is 0 Å². The number of amides is 2. The minimum Gasteiger partial charge on any atom is -0.295 e. The fraction of sp³-hybridized carbons (Fsp3) is 0.200. The highest BCUT2D eigenvalue weighted by molar-refractivity contribution is 9.10. The molecule has 18 heavy (non-hydrogen) atoms. The zero-order valence-electron chi connectivity index (χ0n) is 8.72. The van der Waals surface area contributed by atoms with E-state index in [9.17, 15) is 19.7 Å². The van der Waals surface area contributed by atoms with Crippen LogP contribution in [-0.4, -0.2) is 22.1 Å². The molecule has 0 aromatic heterocycles. The number of nitro groups is 1. The van der Waals surface area contributed by atoms with Gasteiger partial charge in [0.25, 0.3) is 5.69 Å².